The third kappa shape index (κ3) is 3.47. The molecule has 0 saturated heterocycles. The van der Waals surface area contributed by atoms with Gasteiger partial charge in [-0.25, -0.2) is 9.59 Å². The monoisotopic (exact) mass is 411 g/mol. The topological polar surface area (TPSA) is 126 Å². The van der Waals surface area contributed by atoms with Crippen LogP contribution < -0.4 is 0 Å². The Morgan fingerprint density at radius 3 is 2.30 bits per heavy atom. The Kier molecular flexibility index (Phi) is 5.51. The van der Waals surface area contributed by atoms with E-state index in [2.05, 4.69) is 4.98 Å². The number of hydrogen-bond acceptors (Lipinski definition) is 7. The maximum atomic E-state index is 12.8. The average Bonchev–Trinajstić information content (AvgIpc) is 3.03. The molecule has 3 N–H and O–H groups in total. The van der Waals surface area contributed by atoms with Crippen molar-refractivity contribution in [3.8, 4) is 11.5 Å². The second-order valence-electron chi connectivity index (χ2n) is 6.87. The van der Waals surface area contributed by atoms with Crippen LogP contribution in [0, 0.1) is 13.8 Å². The molecule has 156 valence electrons. The first-order valence-corrected chi connectivity index (χ1v) is 9.13. The van der Waals surface area contributed by atoms with E-state index in [0.29, 0.717) is 16.6 Å². The fraction of sp³-hybridized carbons (Fsp3) is 0.227. The summed E-state index contributed by atoms with van der Waals surface area (Å²) < 4.78 is 9.96. The Bertz CT molecular complexity index is 1180. The first-order chi connectivity index (χ1) is 14.2. The van der Waals surface area contributed by atoms with Gasteiger partial charge in [-0.1, -0.05) is 24.3 Å². The first-order valence-electron chi connectivity index (χ1n) is 9.13. The molecule has 8 nitrogen and oxygen atoms in total. The summed E-state index contributed by atoms with van der Waals surface area (Å²) >= 11 is 0. The van der Waals surface area contributed by atoms with Crippen molar-refractivity contribution in [3.63, 3.8) is 0 Å². The number of benzene rings is 2. The summed E-state index contributed by atoms with van der Waals surface area (Å²) in [4.78, 5) is 40.1. The van der Waals surface area contributed by atoms with Gasteiger partial charge < -0.3 is 24.7 Å². The summed E-state index contributed by atoms with van der Waals surface area (Å²) in [5.41, 5.74) is 0.951. The molecular formula is C22H21NO7. The molecule has 0 bridgehead atoms. The highest BCUT2D eigenvalue weighted by Crippen LogP contribution is 2.35. The molecular weight excluding hydrogens is 390 g/mol. The molecule has 1 aromatic heterocycles. The van der Waals surface area contributed by atoms with Crippen LogP contribution in [0.2, 0.25) is 0 Å². The molecule has 0 aliphatic rings. The van der Waals surface area contributed by atoms with Gasteiger partial charge in [0.1, 0.15) is 17.1 Å². The zero-order valence-electron chi connectivity index (χ0n) is 16.9. The molecule has 0 aliphatic heterocycles. The zero-order chi connectivity index (χ0) is 22.2. The normalized spacial score (nSPS) is 11.9. The van der Waals surface area contributed by atoms with Crippen LogP contribution in [-0.4, -0.2) is 46.1 Å². The molecule has 0 fully saturated rings. The number of aromatic amines is 1. The van der Waals surface area contributed by atoms with Crippen molar-refractivity contribution in [3.05, 3.63) is 58.4 Å². The zero-order valence-corrected chi connectivity index (χ0v) is 16.9. The molecule has 1 atom stereocenters. The maximum Gasteiger partial charge on any atom is 0.342 e. The smallest absolute Gasteiger partial charge is 0.342 e. The molecule has 0 aliphatic carbocycles. The van der Waals surface area contributed by atoms with Gasteiger partial charge in [0.25, 0.3) is 0 Å². The Morgan fingerprint density at radius 2 is 1.67 bits per heavy atom. The van der Waals surface area contributed by atoms with Crippen molar-refractivity contribution >= 4 is 28.5 Å². The summed E-state index contributed by atoms with van der Waals surface area (Å²) in [5.74, 6) is -2.66. The van der Waals surface area contributed by atoms with Gasteiger partial charge in [-0.3, -0.25) is 4.79 Å². The van der Waals surface area contributed by atoms with Gasteiger partial charge in [0.15, 0.2) is 6.10 Å². The standard InChI is InChI=1S/C22H21NO7/c1-10-17(22(28)29-4)11(2)23-18(10)19(25)12(3)30-21(27)15-9-16(24)13-7-5-6-8-14(13)20(15)26/h5-9,12,23-24,26H,1-4H3/t12-/m1/s1. The lowest BCUT2D eigenvalue weighted by Crippen LogP contribution is -2.25. The summed E-state index contributed by atoms with van der Waals surface area (Å²) in [6.07, 6.45) is -1.22. The predicted octanol–water partition coefficient (Wildman–Crippen LogP) is 3.41. The van der Waals surface area contributed by atoms with Crippen LogP contribution in [0.4, 0.5) is 0 Å². The highest BCUT2D eigenvalue weighted by Gasteiger charge is 2.28. The number of Topliss-reactive ketones (excluding diaryl/α,β-unsaturated/α-hetero) is 1. The number of phenolic OH excluding ortho intramolecular Hbond substituents is 2. The fourth-order valence-corrected chi connectivity index (χ4v) is 3.38. The summed E-state index contributed by atoms with van der Waals surface area (Å²) in [5, 5.41) is 21.2. The minimum atomic E-state index is -1.22. The summed E-state index contributed by atoms with van der Waals surface area (Å²) in [7, 11) is 1.24. The van der Waals surface area contributed by atoms with Crippen molar-refractivity contribution < 1.29 is 34.1 Å². The SMILES string of the molecule is COC(=O)c1c(C)[nH]c(C(=O)[C@@H](C)OC(=O)c2cc(O)c3ccccc3c2O)c1C. The second kappa shape index (κ2) is 7.90. The molecule has 0 spiro atoms. The number of hydrogen-bond donors (Lipinski definition) is 3. The molecule has 3 rings (SSSR count). The number of aromatic hydroxyl groups is 2. The van der Waals surface area contributed by atoms with E-state index < -0.39 is 23.8 Å². The van der Waals surface area contributed by atoms with E-state index >= 15 is 0 Å². The molecule has 3 aromatic rings. The van der Waals surface area contributed by atoms with E-state index in [1.54, 1.807) is 38.1 Å². The van der Waals surface area contributed by atoms with Crippen LogP contribution in [0.5, 0.6) is 11.5 Å². The van der Waals surface area contributed by atoms with E-state index in [1.165, 1.54) is 14.0 Å². The number of esters is 2. The summed E-state index contributed by atoms with van der Waals surface area (Å²) in [6, 6.07) is 7.58. The molecule has 30 heavy (non-hydrogen) atoms. The van der Waals surface area contributed by atoms with Crippen LogP contribution in [0.3, 0.4) is 0 Å². The van der Waals surface area contributed by atoms with E-state index in [0.717, 1.165) is 6.07 Å². The van der Waals surface area contributed by atoms with E-state index in [9.17, 15) is 24.6 Å². The fourth-order valence-electron chi connectivity index (χ4n) is 3.38. The lowest BCUT2D eigenvalue weighted by atomic mass is 10.0. The van der Waals surface area contributed by atoms with Gasteiger partial charge in [0.05, 0.1) is 18.4 Å². The third-order valence-electron chi connectivity index (χ3n) is 4.94. The quantitative estimate of drug-likeness (QED) is 0.334. The van der Waals surface area contributed by atoms with Crippen molar-refractivity contribution in [1.29, 1.82) is 0 Å². The number of aryl methyl sites for hydroxylation is 1. The van der Waals surface area contributed by atoms with E-state index in [4.69, 9.17) is 9.47 Å². The number of H-pyrrole nitrogens is 1. The molecule has 0 saturated carbocycles. The molecule has 0 radical (unpaired) electrons. The van der Waals surface area contributed by atoms with Gasteiger partial charge in [-0.15, -0.1) is 0 Å². The van der Waals surface area contributed by atoms with Gasteiger partial charge in [-0.2, -0.15) is 0 Å². The average molecular weight is 411 g/mol. The highest BCUT2D eigenvalue weighted by molar-refractivity contribution is 6.07. The van der Waals surface area contributed by atoms with Gasteiger partial charge in [0, 0.05) is 16.5 Å². The van der Waals surface area contributed by atoms with Gasteiger partial charge in [-0.05, 0) is 32.4 Å². The number of methoxy groups -OCH3 is 1. The number of phenols is 2. The lowest BCUT2D eigenvalue weighted by Gasteiger charge is -2.14. The Balaban J connectivity index is 1.88. The van der Waals surface area contributed by atoms with Crippen molar-refractivity contribution in [2.24, 2.45) is 0 Å². The molecule has 8 heteroatoms. The Hall–Kier alpha value is -3.81. The van der Waals surface area contributed by atoms with E-state index in [1.807, 2.05) is 0 Å². The van der Waals surface area contributed by atoms with Gasteiger partial charge in [0.2, 0.25) is 5.78 Å². The number of fused-ring (bicyclic) bond motifs is 1. The van der Waals surface area contributed by atoms with Crippen LogP contribution in [-0.2, 0) is 9.47 Å². The maximum absolute atomic E-state index is 12.8. The van der Waals surface area contributed by atoms with Crippen molar-refractivity contribution in [1.82, 2.24) is 4.98 Å². The Morgan fingerprint density at radius 1 is 1.03 bits per heavy atom. The minimum absolute atomic E-state index is 0.124. The molecule has 0 amide bonds. The first kappa shape index (κ1) is 20.9. The number of aromatic nitrogens is 1. The number of rotatable bonds is 5. The lowest BCUT2D eigenvalue weighted by molar-refractivity contribution is 0.0314. The number of ether oxygens (including phenoxy) is 2. The molecule has 0 unspecified atom stereocenters. The second-order valence-corrected chi connectivity index (χ2v) is 6.87. The number of ketones is 1. The largest absolute Gasteiger partial charge is 0.507 e. The van der Waals surface area contributed by atoms with Crippen LogP contribution in [0.1, 0.15) is 49.4 Å². The van der Waals surface area contributed by atoms with E-state index in [-0.39, 0.29) is 33.7 Å². The molecule has 1 heterocycles. The van der Waals surface area contributed by atoms with Crippen molar-refractivity contribution in [2.75, 3.05) is 7.11 Å². The predicted molar refractivity (Wildman–Crippen MR) is 108 cm³/mol. The number of carbonyl (C=O) groups is 3. The third-order valence-corrected chi connectivity index (χ3v) is 4.94. The van der Waals surface area contributed by atoms with Crippen LogP contribution in [0.25, 0.3) is 10.8 Å². The minimum Gasteiger partial charge on any atom is -0.507 e. The summed E-state index contributed by atoms with van der Waals surface area (Å²) in [6.45, 7) is 4.60. The Labute approximate surface area is 172 Å². The highest BCUT2D eigenvalue weighted by atomic mass is 16.5. The van der Waals surface area contributed by atoms with Crippen LogP contribution >= 0.6 is 0 Å². The molecule has 2 aromatic carbocycles. The van der Waals surface area contributed by atoms with Gasteiger partial charge >= 0.3 is 11.9 Å². The number of nitrogens with one attached hydrogen (secondary N) is 1. The van der Waals surface area contributed by atoms with Crippen LogP contribution in [0.15, 0.2) is 30.3 Å². The van der Waals surface area contributed by atoms with Crippen molar-refractivity contribution in [2.45, 2.75) is 26.9 Å². The number of carbonyl (C=O) groups excluding carboxylic acids is 3.